The van der Waals surface area contributed by atoms with Crippen molar-refractivity contribution in [2.24, 2.45) is 17.8 Å². The van der Waals surface area contributed by atoms with Crippen LogP contribution in [0.4, 0.5) is 0 Å². The molecule has 1 heterocycles. The van der Waals surface area contributed by atoms with E-state index in [2.05, 4.69) is 13.2 Å². The molecular formula is C25H30O8. The fourth-order valence-corrected chi connectivity index (χ4v) is 4.90. The van der Waals surface area contributed by atoms with E-state index in [4.69, 9.17) is 14.2 Å². The molecule has 1 saturated carbocycles. The van der Waals surface area contributed by atoms with Crippen LogP contribution in [-0.2, 0) is 28.6 Å². The van der Waals surface area contributed by atoms with Gasteiger partial charge in [-0.3, -0.25) is 0 Å². The van der Waals surface area contributed by atoms with Crippen molar-refractivity contribution >= 4 is 17.9 Å². The molecule has 3 rings (SSSR count). The topological polar surface area (TPSA) is 119 Å². The Morgan fingerprint density at radius 1 is 1.15 bits per heavy atom. The van der Waals surface area contributed by atoms with Crippen LogP contribution < -0.4 is 0 Å². The van der Waals surface area contributed by atoms with Gasteiger partial charge in [-0.2, -0.15) is 0 Å². The van der Waals surface area contributed by atoms with Gasteiger partial charge in [0.25, 0.3) is 0 Å². The Morgan fingerprint density at radius 2 is 1.82 bits per heavy atom. The highest BCUT2D eigenvalue weighted by Gasteiger charge is 2.56. The molecule has 6 atom stereocenters. The van der Waals surface area contributed by atoms with Crippen LogP contribution in [0.25, 0.3) is 0 Å². The number of ether oxygens (including phenoxy) is 3. The molecule has 0 radical (unpaired) electrons. The Kier molecular flexibility index (Phi) is 7.39. The van der Waals surface area contributed by atoms with E-state index in [9.17, 15) is 24.6 Å². The molecule has 8 nitrogen and oxygen atoms in total. The molecule has 2 N–H and O–H groups in total. The average Bonchev–Trinajstić information content (AvgIpc) is 3.18. The third kappa shape index (κ3) is 4.58. The molecule has 178 valence electrons. The van der Waals surface area contributed by atoms with Gasteiger partial charge < -0.3 is 24.4 Å². The monoisotopic (exact) mass is 458 g/mol. The van der Waals surface area contributed by atoms with Crippen molar-refractivity contribution < 1.29 is 38.8 Å². The first-order valence-electron chi connectivity index (χ1n) is 10.9. The number of carbonyl (C=O) groups is 3. The predicted octanol–water partition coefficient (Wildman–Crippen LogP) is 1.94. The van der Waals surface area contributed by atoms with Gasteiger partial charge in [-0.15, -0.1) is 0 Å². The van der Waals surface area contributed by atoms with Crippen LogP contribution in [0.2, 0.25) is 0 Å². The van der Waals surface area contributed by atoms with E-state index in [0.29, 0.717) is 5.57 Å². The van der Waals surface area contributed by atoms with Gasteiger partial charge in [-0.1, -0.05) is 42.5 Å². The fraction of sp³-hybridized carbons (Fsp3) is 0.480. The molecule has 8 heteroatoms. The number of carbonyl (C=O) groups excluding carboxylic acids is 3. The van der Waals surface area contributed by atoms with Crippen LogP contribution in [0.3, 0.4) is 0 Å². The Balaban J connectivity index is 1.80. The average molecular weight is 459 g/mol. The van der Waals surface area contributed by atoms with E-state index in [0.717, 1.165) is 5.57 Å². The van der Waals surface area contributed by atoms with E-state index in [1.807, 2.05) is 6.92 Å². The molecule has 0 aromatic rings. The van der Waals surface area contributed by atoms with Gasteiger partial charge in [0.15, 0.2) is 0 Å². The quantitative estimate of drug-likeness (QED) is 0.268. The molecule has 2 fully saturated rings. The van der Waals surface area contributed by atoms with Crippen molar-refractivity contribution in [3.8, 4) is 0 Å². The zero-order valence-corrected chi connectivity index (χ0v) is 19.1. The molecule has 0 aromatic carbocycles. The highest BCUT2D eigenvalue weighted by atomic mass is 16.6. The molecule has 0 amide bonds. The highest BCUT2D eigenvalue weighted by molar-refractivity contribution is 5.93. The SMILES string of the molecule is C=C1C[C@@H](OC(=O)/C(=C/C)COC(=O)/C(=C/C)CO)[C@H]2C(=C)C(=O)O[C@@H]2[C@H]2C(C)=C[C@@H](O)[C@@H]12. The standard InChI is InChI=1S/C25H30O8/c1-6-15(10-26)24(29)31-11-16(7-2)25(30)32-18-9-13(4)19-17(27)8-12(3)20(19)22-21(18)14(5)23(28)33-22/h6-8,17-22,26-27H,4-5,9-11H2,1-3H3/b15-6+,16-7+/t17-,18-,19-,20+,21-,22-/m1/s1. The number of allylic oxidation sites excluding steroid dienone is 2. The Morgan fingerprint density at radius 3 is 2.42 bits per heavy atom. The van der Waals surface area contributed by atoms with Crippen LogP contribution in [0.15, 0.2) is 59.3 Å². The smallest absolute Gasteiger partial charge is 0.337 e. The molecule has 0 bridgehead atoms. The lowest BCUT2D eigenvalue weighted by molar-refractivity contribution is -0.149. The van der Waals surface area contributed by atoms with Crippen LogP contribution in [-0.4, -0.2) is 59.6 Å². The van der Waals surface area contributed by atoms with Crippen molar-refractivity contribution in [3.05, 3.63) is 59.3 Å². The Bertz CT molecular complexity index is 969. The molecular weight excluding hydrogens is 428 g/mol. The van der Waals surface area contributed by atoms with E-state index < -0.39 is 48.7 Å². The zero-order chi connectivity index (χ0) is 24.4. The lowest BCUT2D eigenvalue weighted by atomic mass is 9.79. The van der Waals surface area contributed by atoms with Gasteiger partial charge >= 0.3 is 17.9 Å². The summed E-state index contributed by atoms with van der Waals surface area (Å²) >= 11 is 0. The van der Waals surface area contributed by atoms with Crippen molar-refractivity contribution in [2.45, 2.75) is 45.5 Å². The third-order valence-corrected chi connectivity index (χ3v) is 6.67. The first-order valence-corrected chi connectivity index (χ1v) is 10.9. The lowest BCUT2D eigenvalue weighted by Gasteiger charge is -2.29. The first-order chi connectivity index (χ1) is 15.6. The molecule has 1 saturated heterocycles. The van der Waals surface area contributed by atoms with Crippen LogP contribution in [0, 0.1) is 17.8 Å². The maximum atomic E-state index is 12.9. The second-order valence-corrected chi connectivity index (χ2v) is 8.54. The molecule has 1 aliphatic heterocycles. The number of esters is 3. The van der Waals surface area contributed by atoms with Gasteiger partial charge in [-0.25, -0.2) is 14.4 Å². The van der Waals surface area contributed by atoms with Gasteiger partial charge in [0.05, 0.1) is 29.8 Å². The summed E-state index contributed by atoms with van der Waals surface area (Å²) in [4.78, 5) is 37.3. The molecule has 0 aromatic heterocycles. The van der Waals surface area contributed by atoms with Gasteiger partial charge in [0.1, 0.15) is 18.8 Å². The molecule has 0 spiro atoms. The summed E-state index contributed by atoms with van der Waals surface area (Å²) in [6.45, 7) is 12.3. The van der Waals surface area contributed by atoms with Gasteiger partial charge in [0, 0.05) is 23.8 Å². The van der Waals surface area contributed by atoms with Gasteiger partial charge in [-0.05, 0) is 20.8 Å². The minimum Gasteiger partial charge on any atom is -0.458 e. The third-order valence-electron chi connectivity index (χ3n) is 6.67. The molecule has 33 heavy (non-hydrogen) atoms. The summed E-state index contributed by atoms with van der Waals surface area (Å²) in [5.41, 5.74) is 1.99. The van der Waals surface area contributed by atoms with E-state index in [1.165, 1.54) is 12.2 Å². The maximum absolute atomic E-state index is 12.9. The normalized spacial score (nSPS) is 31.9. The van der Waals surface area contributed by atoms with Crippen LogP contribution >= 0.6 is 0 Å². The number of fused-ring (bicyclic) bond motifs is 3. The zero-order valence-electron chi connectivity index (χ0n) is 19.1. The minimum atomic E-state index is -0.784. The summed E-state index contributed by atoms with van der Waals surface area (Å²) < 4.78 is 16.5. The highest BCUT2D eigenvalue weighted by Crippen LogP contribution is 2.51. The second-order valence-electron chi connectivity index (χ2n) is 8.54. The maximum Gasteiger partial charge on any atom is 0.337 e. The second kappa shape index (κ2) is 9.89. The molecule has 3 aliphatic rings. The Hall–Kier alpha value is -2.97. The van der Waals surface area contributed by atoms with Gasteiger partial charge in [0.2, 0.25) is 0 Å². The summed E-state index contributed by atoms with van der Waals surface area (Å²) in [6, 6.07) is 0. The van der Waals surface area contributed by atoms with Crippen molar-refractivity contribution in [3.63, 3.8) is 0 Å². The number of rotatable bonds is 6. The van der Waals surface area contributed by atoms with E-state index in [-0.39, 0.29) is 41.6 Å². The number of hydrogen-bond acceptors (Lipinski definition) is 8. The first kappa shape index (κ1) is 24.7. The predicted molar refractivity (Wildman–Crippen MR) is 118 cm³/mol. The van der Waals surface area contributed by atoms with E-state index in [1.54, 1.807) is 19.9 Å². The lowest BCUT2D eigenvalue weighted by Crippen LogP contribution is -2.37. The van der Waals surface area contributed by atoms with E-state index >= 15 is 0 Å². The number of hydrogen-bond donors (Lipinski definition) is 2. The summed E-state index contributed by atoms with van der Waals surface area (Å²) in [6.07, 6.45) is 2.70. The fourth-order valence-electron chi connectivity index (χ4n) is 4.90. The molecule has 2 aliphatic carbocycles. The summed E-state index contributed by atoms with van der Waals surface area (Å²) in [5.74, 6) is -3.20. The summed E-state index contributed by atoms with van der Waals surface area (Å²) in [5, 5.41) is 19.7. The van der Waals surface area contributed by atoms with Crippen molar-refractivity contribution in [1.29, 1.82) is 0 Å². The minimum absolute atomic E-state index is 0.0770. The molecule has 0 unspecified atom stereocenters. The summed E-state index contributed by atoms with van der Waals surface area (Å²) in [7, 11) is 0. The number of aliphatic hydroxyl groups excluding tert-OH is 2. The van der Waals surface area contributed by atoms with Crippen molar-refractivity contribution in [2.75, 3.05) is 13.2 Å². The van der Waals surface area contributed by atoms with Crippen LogP contribution in [0.1, 0.15) is 27.2 Å². The number of aliphatic hydroxyl groups is 2. The largest absolute Gasteiger partial charge is 0.458 e. The van der Waals surface area contributed by atoms with Crippen LogP contribution in [0.5, 0.6) is 0 Å². The Labute approximate surface area is 192 Å². The van der Waals surface area contributed by atoms with Crippen molar-refractivity contribution in [1.82, 2.24) is 0 Å².